The van der Waals surface area contributed by atoms with Gasteiger partial charge in [0, 0.05) is 7.05 Å². The minimum absolute atomic E-state index is 0.546. The van der Waals surface area contributed by atoms with Gasteiger partial charge in [-0.2, -0.15) is 0 Å². The fourth-order valence-electron chi connectivity index (χ4n) is 0.511. The fourth-order valence-corrected chi connectivity index (χ4v) is 0.511. The summed E-state index contributed by atoms with van der Waals surface area (Å²) in [6.07, 6.45) is 0. The van der Waals surface area contributed by atoms with E-state index in [9.17, 15) is 9.59 Å². The van der Waals surface area contributed by atoms with Crippen molar-refractivity contribution in [2.45, 2.75) is 6.04 Å². The number of carbonyl (C=O) groups excluding carboxylic acids is 1. The number of hydrogen-bond acceptors (Lipinski definition) is 3. The van der Waals surface area contributed by atoms with Crippen LogP contribution in [0.15, 0.2) is 0 Å². The average molecular weight is 146 g/mol. The van der Waals surface area contributed by atoms with Gasteiger partial charge < -0.3 is 10.4 Å². The Morgan fingerprint density at radius 1 is 1.40 bits per heavy atom. The predicted octanol–water partition coefficient (Wildman–Crippen LogP) is -1.59. The molecule has 0 aliphatic rings. The minimum Gasteiger partial charge on any atom is -0.480 e. The van der Waals surface area contributed by atoms with Gasteiger partial charge in [0.05, 0.1) is 0 Å². The molecule has 0 saturated carbocycles. The van der Waals surface area contributed by atoms with Crippen LogP contribution in [0, 0.1) is 0 Å². The lowest BCUT2D eigenvalue weighted by Crippen LogP contribution is -2.46. The molecule has 1 amide bonds. The lowest BCUT2D eigenvalue weighted by molar-refractivity contribution is -0.143. The molecule has 0 aromatic heterocycles. The second-order valence-corrected chi connectivity index (χ2v) is 1.67. The Bertz CT molecular complexity index is 146. The second kappa shape index (κ2) is 3.84. The van der Waals surface area contributed by atoms with Crippen molar-refractivity contribution < 1.29 is 14.7 Å². The molecule has 1 atom stereocenters. The molecule has 0 aliphatic heterocycles. The quantitative estimate of drug-likeness (QED) is 0.419. The molecule has 0 rings (SSSR count). The second-order valence-electron chi connectivity index (χ2n) is 1.67. The van der Waals surface area contributed by atoms with Crippen molar-refractivity contribution in [3.63, 3.8) is 0 Å². The summed E-state index contributed by atoms with van der Waals surface area (Å²) in [4.78, 5) is 20.8. The third kappa shape index (κ3) is 2.02. The Hall–Kier alpha value is -1.10. The van der Waals surface area contributed by atoms with Gasteiger partial charge in [-0.1, -0.05) is 0 Å². The van der Waals surface area contributed by atoms with Crippen molar-refractivity contribution in [3.05, 3.63) is 0 Å². The molecule has 0 spiro atoms. The molecule has 5 heteroatoms. The summed E-state index contributed by atoms with van der Waals surface area (Å²) in [5.41, 5.74) is 0. The zero-order valence-corrected chi connectivity index (χ0v) is 5.84. The highest BCUT2D eigenvalue weighted by Crippen LogP contribution is 1.80. The zero-order chi connectivity index (χ0) is 8.15. The number of rotatable bonds is 3. The summed E-state index contributed by atoms with van der Waals surface area (Å²) >= 11 is 0. The van der Waals surface area contributed by atoms with Crippen LogP contribution in [-0.2, 0) is 9.59 Å². The Morgan fingerprint density at radius 2 is 1.90 bits per heavy atom. The molecule has 58 valence electrons. The molecule has 1 unspecified atom stereocenters. The summed E-state index contributed by atoms with van der Waals surface area (Å²) in [6.45, 7) is 0. The van der Waals surface area contributed by atoms with Gasteiger partial charge in [-0.15, -0.1) is 0 Å². The molecule has 10 heavy (non-hydrogen) atoms. The molecular formula is C5H10N2O3. The monoisotopic (exact) mass is 146 g/mol. The average Bonchev–Trinajstić information content (AvgIpc) is 1.88. The molecule has 0 aromatic carbocycles. The number of likely N-dealkylation sites (N-methyl/N-ethyl adjacent to an activating group) is 2. The van der Waals surface area contributed by atoms with Crippen molar-refractivity contribution >= 4 is 11.9 Å². The first-order valence-corrected chi connectivity index (χ1v) is 2.75. The summed E-state index contributed by atoms with van der Waals surface area (Å²) in [5.74, 6) is -1.73. The van der Waals surface area contributed by atoms with E-state index >= 15 is 0 Å². The molecule has 0 bridgehead atoms. The van der Waals surface area contributed by atoms with Crippen LogP contribution in [0.25, 0.3) is 0 Å². The minimum atomic E-state index is -1.18. The number of carbonyl (C=O) groups is 2. The normalized spacial score (nSPS) is 12.2. The van der Waals surface area contributed by atoms with Gasteiger partial charge in [0.2, 0.25) is 5.91 Å². The topological polar surface area (TPSA) is 78.4 Å². The van der Waals surface area contributed by atoms with Crippen LogP contribution in [-0.4, -0.2) is 37.1 Å². The Labute approximate surface area is 58.4 Å². The maximum atomic E-state index is 10.6. The zero-order valence-electron chi connectivity index (χ0n) is 5.84. The molecule has 0 fully saturated rings. The largest absolute Gasteiger partial charge is 0.480 e. The molecule has 0 saturated heterocycles. The standard InChI is InChI=1S/C5H10N2O3/c1-6-3(5(9)10)4(8)7-2/h3,6H,1-2H3,(H,7,8)(H,9,10). The molecule has 0 heterocycles. The third-order valence-corrected chi connectivity index (χ3v) is 1.04. The molecule has 0 aliphatic carbocycles. The van der Waals surface area contributed by atoms with E-state index in [0.29, 0.717) is 0 Å². The smallest absolute Gasteiger partial charge is 0.330 e. The molecule has 0 aromatic rings. The molecule has 3 N–H and O–H groups in total. The van der Waals surface area contributed by atoms with Gasteiger partial charge in [0.15, 0.2) is 6.04 Å². The highest BCUT2D eigenvalue weighted by Gasteiger charge is 2.22. The van der Waals surface area contributed by atoms with Crippen LogP contribution in [0.3, 0.4) is 0 Å². The first kappa shape index (κ1) is 8.90. The van der Waals surface area contributed by atoms with E-state index in [1.807, 2.05) is 0 Å². The summed E-state index contributed by atoms with van der Waals surface area (Å²) in [6, 6.07) is -1.15. The van der Waals surface area contributed by atoms with Crippen molar-refractivity contribution in [2.75, 3.05) is 14.1 Å². The summed E-state index contributed by atoms with van der Waals surface area (Å²) in [7, 11) is 2.80. The lowest BCUT2D eigenvalue weighted by Gasteiger charge is -2.07. The van der Waals surface area contributed by atoms with E-state index in [-0.39, 0.29) is 0 Å². The van der Waals surface area contributed by atoms with E-state index in [2.05, 4.69) is 10.6 Å². The van der Waals surface area contributed by atoms with Crippen LogP contribution < -0.4 is 10.6 Å². The van der Waals surface area contributed by atoms with Crippen molar-refractivity contribution in [3.8, 4) is 0 Å². The van der Waals surface area contributed by atoms with Crippen molar-refractivity contribution in [2.24, 2.45) is 0 Å². The van der Waals surface area contributed by atoms with Crippen molar-refractivity contribution in [1.29, 1.82) is 0 Å². The maximum Gasteiger partial charge on any atom is 0.330 e. The van der Waals surface area contributed by atoms with Crippen LogP contribution in [0.4, 0.5) is 0 Å². The number of aliphatic carboxylic acids is 1. The van der Waals surface area contributed by atoms with E-state index in [4.69, 9.17) is 5.11 Å². The van der Waals surface area contributed by atoms with Crippen molar-refractivity contribution in [1.82, 2.24) is 10.6 Å². The molecular weight excluding hydrogens is 136 g/mol. The lowest BCUT2D eigenvalue weighted by atomic mass is 10.3. The Balaban J connectivity index is 4.06. The van der Waals surface area contributed by atoms with E-state index in [1.165, 1.54) is 14.1 Å². The van der Waals surface area contributed by atoms with Gasteiger partial charge in [0.1, 0.15) is 0 Å². The Morgan fingerprint density at radius 3 is 2.00 bits per heavy atom. The van der Waals surface area contributed by atoms with Crippen LogP contribution in [0.1, 0.15) is 0 Å². The number of carboxylic acid groups (broad SMARTS) is 1. The number of amides is 1. The van der Waals surface area contributed by atoms with Gasteiger partial charge in [-0.3, -0.25) is 10.1 Å². The summed E-state index contributed by atoms with van der Waals surface area (Å²) < 4.78 is 0. The van der Waals surface area contributed by atoms with Gasteiger partial charge >= 0.3 is 5.97 Å². The van der Waals surface area contributed by atoms with Crippen LogP contribution >= 0.6 is 0 Å². The van der Waals surface area contributed by atoms with E-state index < -0.39 is 17.9 Å². The highest BCUT2D eigenvalue weighted by molar-refractivity contribution is 6.00. The van der Waals surface area contributed by atoms with E-state index in [1.54, 1.807) is 0 Å². The molecule has 0 radical (unpaired) electrons. The summed E-state index contributed by atoms with van der Waals surface area (Å²) in [5, 5.41) is 12.9. The third-order valence-electron chi connectivity index (χ3n) is 1.04. The SMILES string of the molecule is CNC(=O)C(NC)C(=O)O. The van der Waals surface area contributed by atoms with Gasteiger partial charge in [-0.05, 0) is 7.05 Å². The predicted molar refractivity (Wildman–Crippen MR) is 34.6 cm³/mol. The van der Waals surface area contributed by atoms with Crippen LogP contribution in [0.5, 0.6) is 0 Å². The first-order valence-electron chi connectivity index (χ1n) is 2.75. The number of carboxylic acids is 1. The fraction of sp³-hybridized carbons (Fsp3) is 0.600. The van der Waals surface area contributed by atoms with Gasteiger partial charge in [-0.25, -0.2) is 4.79 Å². The Kier molecular flexibility index (Phi) is 3.42. The number of nitrogens with one attached hydrogen (secondary N) is 2. The molecule has 5 nitrogen and oxygen atoms in total. The van der Waals surface area contributed by atoms with Gasteiger partial charge in [0.25, 0.3) is 0 Å². The van der Waals surface area contributed by atoms with E-state index in [0.717, 1.165) is 0 Å². The highest BCUT2D eigenvalue weighted by atomic mass is 16.4. The van der Waals surface area contributed by atoms with Crippen LogP contribution in [0.2, 0.25) is 0 Å². The maximum absolute atomic E-state index is 10.6. The first-order chi connectivity index (χ1) is 4.63. The number of hydrogen-bond donors (Lipinski definition) is 3.